The highest BCUT2D eigenvalue weighted by Crippen LogP contribution is 2.36. The van der Waals surface area contributed by atoms with E-state index >= 15 is 0 Å². The van der Waals surface area contributed by atoms with Crippen molar-refractivity contribution >= 4 is 16.5 Å². The van der Waals surface area contributed by atoms with Crippen molar-refractivity contribution in [3.8, 4) is 0 Å². The van der Waals surface area contributed by atoms with Gasteiger partial charge in [0.2, 0.25) is 0 Å². The molecule has 1 aromatic heterocycles. The fourth-order valence-corrected chi connectivity index (χ4v) is 3.66. The molecule has 0 aromatic carbocycles. The number of hydrogen-bond acceptors (Lipinski definition) is 4. The van der Waals surface area contributed by atoms with Crippen LogP contribution in [0.15, 0.2) is 0 Å². The van der Waals surface area contributed by atoms with Gasteiger partial charge in [-0.25, -0.2) is 4.98 Å². The maximum absolute atomic E-state index is 5.00. The highest BCUT2D eigenvalue weighted by atomic mass is 32.1. The fraction of sp³-hybridized carbons (Fsp3) is 0.824. The van der Waals surface area contributed by atoms with Gasteiger partial charge in [-0.2, -0.15) is 0 Å². The summed E-state index contributed by atoms with van der Waals surface area (Å²) in [6.45, 7) is 11.1. The first kappa shape index (κ1) is 16.8. The summed E-state index contributed by atoms with van der Waals surface area (Å²) in [5.74, 6) is 0. The lowest BCUT2D eigenvalue weighted by molar-refractivity contribution is 0.589. The molecule has 1 N–H and O–H groups in total. The van der Waals surface area contributed by atoms with Crippen LogP contribution in [0.1, 0.15) is 70.4 Å². The van der Waals surface area contributed by atoms with Gasteiger partial charge in [-0.3, -0.25) is 0 Å². The minimum atomic E-state index is 0.532. The average molecular weight is 310 g/mol. The Morgan fingerprint density at radius 2 is 2.05 bits per heavy atom. The van der Waals surface area contributed by atoms with Crippen LogP contribution in [0, 0.1) is 0 Å². The maximum atomic E-state index is 5.00. The molecule has 0 aliphatic heterocycles. The summed E-state index contributed by atoms with van der Waals surface area (Å²) in [5.41, 5.74) is 1.33. The lowest BCUT2D eigenvalue weighted by Gasteiger charge is -2.21. The molecule has 3 nitrogen and oxygen atoms in total. The molecule has 0 saturated heterocycles. The van der Waals surface area contributed by atoms with Crippen LogP contribution in [-0.4, -0.2) is 23.6 Å². The van der Waals surface area contributed by atoms with E-state index in [9.17, 15) is 0 Å². The normalized spacial score (nSPS) is 14.9. The fourth-order valence-electron chi connectivity index (χ4n) is 2.51. The molecule has 21 heavy (non-hydrogen) atoms. The second-order valence-electron chi connectivity index (χ2n) is 6.43. The number of thiazole rings is 1. The molecule has 1 fully saturated rings. The Kier molecular flexibility index (Phi) is 6.49. The molecular formula is C17H31N3S. The van der Waals surface area contributed by atoms with Crippen LogP contribution in [0.5, 0.6) is 0 Å². The zero-order valence-corrected chi connectivity index (χ0v) is 14.9. The van der Waals surface area contributed by atoms with E-state index in [1.54, 1.807) is 0 Å². The topological polar surface area (TPSA) is 28.2 Å². The van der Waals surface area contributed by atoms with Crippen molar-refractivity contribution in [1.82, 2.24) is 10.3 Å². The van der Waals surface area contributed by atoms with Crippen molar-refractivity contribution in [2.24, 2.45) is 0 Å². The summed E-state index contributed by atoms with van der Waals surface area (Å²) in [6.07, 6.45) is 7.53. The monoisotopic (exact) mass is 309 g/mol. The van der Waals surface area contributed by atoms with Gasteiger partial charge in [0.1, 0.15) is 0 Å². The first-order valence-corrected chi connectivity index (χ1v) is 9.45. The second kappa shape index (κ2) is 8.14. The van der Waals surface area contributed by atoms with Crippen LogP contribution in [0.2, 0.25) is 0 Å². The highest BCUT2D eigenvalue weighted by molar-refractivity contribution is 7.15. The van der Waals surface area contributed by atoms with E-state index < -0.39 is 0 Å². The molecule has 1 aliphatic carbocycles. The number of rotatable bonds is 10. The van der Waals surface area contributed by atoms with Gasteiger partial charge in [0, 0.05) is 30.1 Å². The number of hydrogen-bond donors (Lipinski definition) is 1. The number of aryl methyl sites for hydroxylation is 1. The Bertz CT molecular complexity index is 424. The number of aromatic nitrogens is 1. The van der Waals surface area contributed by atoms with Crippen molar-refractivity contribution in [3.05, 3.63) is 10.6 Å². The van der Waals surface area contributed by atoms with E-state index in [-0.39, 0.29) is 0 Å². The van der Waals surface area contributed by atoms with Crippen molar-refractivity contribution in [1.29, 1.82) is 0 Å². The quantitative estimate of drug-likeness (QED) is 0.696. The van der Waals surface area contributed by atoms with Crippen molar-refractivity contribution in [3.63, 3.8) is 0 Å². The second-order valence-corrected chi connectivity index (χ2v) is 7.49. The first-order valence-electron chi connectivity index (χ1n) is 8.64. The molecule has 1 saturated carbocycles. The molecule has 1 aromatic rings. The average Bonchev–Trinajstić information content (AvgIpc) is 3.20. The summed E-state index contributed by atoms with van der Waals surface area (Å²) in [6, 6.07) is 1.30. The molecule has 0 bridgehead atoms. The molecule has 0 amide bonds. The Labute approximate surface area is 134 Å². The third-order valence-electron chi connectivity index (χ3n) is 3.91. The van der Waals surface area contributed by atoms with Gasteiger partial charge in [0.05, 0.1) is 5.69 Å². The van der Waals surface area contributed by atoms with Gasteiger partial charge in [-0.1, -0.05) is 40.5 Å². The van der Waals surface area contributed by atoms with E-state index in [1.807, 2.05) is 11.3 Å². The molecule has 0 radical (unpaired) electrons. The number of nitrogens with zero attached hydrogens (tertiary/aromatic N) is 2. The number of anilines is 1. The smallest absolute Gasteiger partial charge is 0.186 e. The lowest BCUT2D eigenvalue weighted by atomic mass is 10.2. The third-order valence-corrected chi connectivity index (χ3v) is 5.05. The zero-order chi connectivity index (χ0) is 15.2. The summed E-state index contributed by atoms with van der Waals surface area (Å²) in [5, 5.41) is 4.83. The van der Waals surface area contributed by atoms with E-state index in [4.69, 9.17) is 4.98 Å². The van der Waals surface area contributed by atoms with Gasteiger partial charge in [0.15, 0.2) is 5.13 Å². The lowest BCUT2D eigenvalue weighted by Crippen LogP contribution is -2.26. The van der Waals surface area contributed by atoms with Gasteiger partial charge < -0.3 is 10.2 Å². The van der Waals surface area contributed by atoms with E-state index in [2.05, 4.69) is 37.9 Å². The first-order chi connectivity index (χ1) is 10.2. The minimum absolute atomic E-state index is 0.532. The predicted octanol–water partition coefficient (Wildman–Crippen LogP) is 4.36. The SMILES string of the molecule is CCCCN(c1nc(CCC)c(CNC(C)C)s1)C1CC1. The van der Waals surface area contributed by atoms with E-state index in [0.717, 1.165) is 19.0 Å². The van der Waals surface area contributed by atoms with Crippen LogP contribution in [0.25, 0.3) is 0 Å². The summed E-state index contributed by atoms with van der Waals surface area (Å²) >= 11 is 1.92. The number of unbranched alkanes of at least 4 members (excludes halogenated alkanes) is 1. The van der Waals surface area contributed by atoms with Gasteiger partial charge in [-0.15, -0.1) is 11.3 Å². The van der Waals surface area contributed by atoms with Gasteiger partial charge in [0.25, 0.3) is 0 Å². The van der Waals surface area contributed by atoms with Crippen LogP contribution >= 0.6 is 11.3 Å². The van der Waals surface area contributed by atoms with Crippen LogP contribution in [0.3, 0.4) is 0 Å². The van der Waals surface area contributed by atoms with Crippen molar-refractivity contribution < 1.29 is 0 Å². The largest absolute Gasteiger partial charge is 0.345 e. The van der Waals surface area contributed by atoms with Gasteiger partial charge in [-0.05, 0) is 25.7 Å². The molecular weight excluding hydrogens is 278 g/mol. The Hall–Kier alpha value is -0.610. The third kappa shape index (κ3) is 4.96. The molecule has 120 valence electrons. The zero-order valence-electron chi connectivity index (χ0n) is 14.1. The molecule has 0 spiro atoms. The van der Waals surface area contributed by atoms with Gasteiger partial charge >= 0.3 is 0 Å². The molecule has 0 atom stereocenters. The van der Waals surface area contributed by atoms with E-state index in [1.165, 1.54) is 54.4 Å². The molecule has 1 heterocycles. The summed E-state index contributed by atoms with van der Waals surface area (Å²) in [7, 11) is 0. The molecule has 2 rings (SSSR count). The Balaban J connectivity index is 2.11. The summed E-state index contributed by atoms with van der Waals surface area (Å²) < 4.78 is 0. The number of nitrogens with one attached hydrogen (secondary N) is 1. The van der Waals surface area contributed by atoms with Crippen LogP contribution < -0.4 is 10.2 Å². The van der Waals surface area contributed by atoms with Crippen molar-refractivity contribution in [2.45, 2.75) is 84.8 Å². The minimum Gasteiger partial charge on any atom is -0.345 e. The van der Waals surface area contributed by atoms with E-state index in [0.29, 0.717) is 6.04 Å². The predicted molar refractivity (Wildman–Crippen MR) is 93.4 cm³/mol. The molecule has 0 unspecified atom stereocenters. The maximum Gasteiger partial charge on any atom is 0.186 e. The summed E-state index contributed by atoms with van der Waals surface area (Å²) in [4.78, 5) is 9.02. The van der Waals surface area contributed by atoms with Crippen molar-refractivity contribution in [2.75, 3.05) is 11.4 Å². The Morgan fingerprint density at radius 3 is 2.62 bits per heavy atom. The Morgan fingerprint density at radius 1 is 1.29 bits per heavy atom. The highest BCUT2D eigenvalue weighted by Gasteiger charge is 2.31. The molecule has 4 heteroatoms. The molecule has 1 aliphatic rings. The van der Waals surface area contributed by atoms with Crippen LogP contribution in [0.4, 0.5) is 5.13 Å². The van der Waals surface area contributed by atoms with Crippen LogP contribution in [-0.2, 0) is 13.0 Å². The standard InChI is InChI=1S/C17H31N3S/c1-5-7-11-20(14-9-10-14)17-19-15(8-6-2)16(21-17)12-18-13(3)4/h13-14,18H,5-12H2,1-4H3.